The van der Waals surface area contributed by atoms with Gasteiger partial charge in [-0.05, 0) is 84.9 Å². The molecule has 2 saturated carbocycles. The Hall–Kier alpha value is -1.44. The Bertz CT molecular complexity index is 796. The summed E-state index contributed by atoms with van der Waals surface area (Å²) in [6.45, 7) is 2.28. The van der Waals surface area contributed by atoms with Crippen molar-refractivity contribution >= 4 is 10.8 Å². The van der Waals surface area contributed by atoms with Gasteiger partial charge in [0, 0.05) is 5.39 Å². The lowest BCUT2D eigenvalue weighted by Gasteiger charge is -2.42. The third-order valence-corrected chi connectivity index (χ3v) is 7.55. The Kier molecular flexibility index (Phi) is 6.33. The summed E-state index contributed by atoms with van der Waals surface area (Å²) in [6.07, 6.45) is 14.8. The molecule has 4 rings (SSSR count). The van der Waals surface area contributed by atoms with Crippen LogP contribution in [0.4, 0.5) is 8.78 Å². The molecule has 0 radical (unpaired) electrons. The molecule has 152 valence electrons. The molecular weight excluding hydrogens is 350 g/mol. The molecule has 0 bridgehead atoms. The first-order valence-corrected chi connectivity index (χ1v) is 11.5. The molecule has 4 atom stereocenters. The van der Waals surface area contributed by atoms with Crippen LogP contribution < -0.4 is 0 Å². The highest BCUT2D eigenvalue weighted by atomic mass is 19.1. The Morgan fingerprint density at radius 3 is 2.54 bits per heavy atom. The molecule has 0 amide bonds. The summed E-state index contributed by atoms with van der Waals surface area (Å²) in [7, 11) is 0. The van der Waals surface area contributed by atoms with Gasteiger partial charge < -0.3 is 0 Å². The monoisotopic (exact) mass is 384 g/mol. The van der Waals surface area contributed by atoms with Crippen LogP contribution in [-0.4, -0.2) is 0 Å². The number of fused-ring (bicyclic) bond motifs is 2. The second-order valence-corrected chi connectivity index (χ2v) is 9.43. The lowest BCUT2D eigenvalue weighted by atomic mass is 9.63. The minimum atomic E-state index is -0.369. The van der Waals surface area contributed by atoms with Gasteiger partial charge in [-0.1, -0.05) is 57.6 Å². The molecule has 2 aromatic rings. The molecule has 2 fully saturated rings. The number of rotatable bonds is 6. The third-order valence-electron chi connectivity index (χ3n) is 7.55. The number of hydrogen-bond acceptors (Lipinski definition) is 0. The largest absolute Gasteiger partial charge is 0.207 e. The van der Waals surface area contributed by atoms with Gasteiger partial charge in [-0.25, -0.2) is 8.78 Å². The van der Waals surface area contributed by atoms with Crippen LogP contribution >= 0.6 is 0 Å². The summed E-state index contributed by atoms with van der Waals surface area (Å²) < 4.78 is 28.0. The summed E-state index contributed by atoms with van der Waals surface area (Å²) in [5, 5.41) is 1.23. The van der Waals surface area contributed by atoms with E-state index in [2.05, 4.69) is 13.0 Å². The van der Waals surface area contributed by atoms with E-state index in [1.807, 2.05) is 0 Å². The van der Waals surface area contributed by atoms with E-state index in [0.717, 1.165) is 28.7 Å². The molecular formula is C26H34F2. The second kappa shape index (κ2) is 8.93. The average Bonchev–Trinajstić information content (AvgIpc) is 2.71. The van der Waals surface area contributed by atoms with E-state index in [-0.39, 0.29) is 11.6 Å². The molecule has 0 aromatic heterocycles. The molecule has 0 saturated heterocycles. The fraction of sp³-hybridized carbons (Fsp3) is 0.615. The minimum Gasteiger partial charge on any atom is -0.207 e. The minimum absolute atomic E-state index is 0.273. The average molecular weight is 385 g/mol. The van der Waals surface area contributed by atoms with Crippen molar-refractivity contribution in [1.29, 1.82) is 0 Å². The molecule has 0 N–H and O–H groups in total. The molecule has 4 unspecified atom stereocenters. The number of hydrogen-bond donors (Lipinski definition) is 0. The molecule has 0 heterocycles. The van der Waals surface area contributed by atoms with Gasteiger partial charge in [0.1, 0.15) is 11.6 Å². The van der Waals surface area contributed by atoms with Crippen LogP contribution in [0.1, 0.15) is 89.0 Å². The van der Waals surface area contributed by atoms with Crippen LogP contribution in [-0.2, 0) is 0 Å². The van der Waals surface area contributed by atoms with Crippen LogP contribution in [0.25, 0.3) is 10.8 Å². The van der Waals surface area contributed by atoms with Crippen molar-refractivity contribution in [3.63, 3.8) is 0 Å². The van der Waals surface area contributed by atoms with Crippen molar-refractivity contribution in [1.82, 2.24) is 0 Å². The van der Waals surface area contributed by atoms with Gasteiger partial charge in [-0.2, -0.15) is 0 Å². The van der Waals surface area contributed by atoms with E-state index in [1.54, 1.807) is 12.1 Å². The normalized spacial score (nSPS) is 27.7. The van der Waals surface area contributed by atoms with Gasteiger partial charge in [-0.15, -0.1) is 0 Å². The zero-order chi connectivity index (χ0) is 19.5. The van der Waals surface area contributed by atoms with Gasteiger partial charge in [-0.3, -0.25) is 0 Å². The topological polar surface area (TPSA) is 0 Å². The fourth-order valence-corrected chi connectivity index (χ4v) is 5.95. The van der Waals surface area contributed by atoms with Gasteiger partial charge in [0.05, 0.1) is 0 Å². The summed E-state index contributed by atoms with van der Waals surface area (Å²) >= 11 is 0. The fourth-order valence-electron chi connectivity index (χ4n) is 5.95. The molecule has 2 heteroatoms. The molecule has 2 aliphatic carbocycles. The molecule has 0 nitrogen and oxygen atoms in total. The zero-order valence-corrected chi connectivity index (χ0v) is 17.2. The van der Waals surface area contributed by atoms with Crippen LogP contribution in [0.3, 0.4) is 0 Å². The van der Waals surface area contributed by atoms with E-state index in [1.165, 1.54) is 82.8 Å². The standard InChI is InChI=1S/C26H34F2/c1-2-3-4-5-6-18-7-8-20-14-21(10-9-19(20)13-18)23-15-22-11-12-24(27)17-25(22)26(28)16-23/h11-12,15-21H,2-10,13-14H2,1H3. The van der Waals surface area contributed by atoms with Crippen molar-refractivity contribution in [3.8, 4) is 0 Å². The van der Waals surface area contributed by atoms with Crippen molar-refractivity contribution < 1.29 is 8.78 Å². The Morgan fingerprint density at radius 1 is 0.857 bits per heavy atom. The Morgan fingerprint density at radius 2 is 1.68 bits per heavy atom. The maximum absolute atomic E-state index is 14.6. The number of unbranched alkanes of at least 4 members (excludes halogenated alkanes) is 3. The van der Waals surface area contributed by atoms with Gasteiger partial charge in [0.15, 0.2) is 0 Å². The highest BCUT2D eigenvalue weighted by Crippen LogP contribution is 2.48. The van der Waals surface area contributed by atoms with Crippen molar-refractivity contribution in [2.75, 3.05) is 0 Å². The van der Waals surface area contributed by atoms with Gasteiger partial charge >= 0.3 is 0 Å². The van der Waals surface area contributed by atoms with Crippen LogP contribution in [0.15, 0.2) is 30.3 Å². The van der Waals surface area contributed by atoms with E-state index in [4.69, 9.17) is 0 Å². The smallest absolute Gasteiger partial charge is 0.131 e. The van der Waals surface area contributed by atoms with Crippen LogP contribution in [0, 0.1) is 29.4 Å². The van der Waals surface area contributed by atoms with Crippen LogP contribution in [0.5, 0.6) is 0 Å². The summed E-state index contributed by atoms with van der Waals surface area (Å²) in [5.74, 6) is 2.48. The van der Waals surface area contributed by atoms with E-state index < -0.39 is 0 Å². The van der Waals surface area contributed by atoms with E-state index in [0.29, 0.717) is 11.3 Å². The lowest BCUT2D eigenvalue weighted by Crippen LogP contribution is -2.30. The van der Waals surface area contributed by atoms with Gasteiger partial charge in [0.25, 0.3) is 0 Å². The van der Waals surface area contributed by atoms with Crippen molar-refractivity contribution in [3.05, 3.63) is 47.5 Å². The quantitative estimate of drug-likeness (QED) is 0.439. The summed E-state index contributed by atoms with van der Waals surface area (Å²) in [5.41, 5.74) is 1.12. The molecule has 0 spiro atoms. The molecule has 0 aliphatic heterocycles. The maximum atomic E-state index is 14.6. The maximum Gasteiger partial charge on any atom is 0.131 e. The Labute approximate surface area is 168 Å². The lowest BCUT2D eigenvalue weighted by molar-refractivity contribution is 0.113. The summed E-state index contributed by atoms with van der Waals surface area (Å²) in [4.78, 5) is 0. The molecule has 28 heavy (non-hydrogen) atoms. The third kappa shape index (κ3) is 4.42. The van der Waals surface area contributed by atoms with Crippen molar-refractivity contribution in [2.24, 2.45) is 17.8 Å². The highest BCUT2D eigenvalue weighted by Gasteiger charge is 2.35. The first kappa shape index (κ1) is 19.9. The van der Waals surface area contributed by atoms with E-state index in [9.17, 15) is 8.78 Å². The van der Waals surface area contributed by atoms with Gasteiger partial charge in [0.2, 0.25) is 0 Å². The van der Waals surface area contributed by atoms with Crippen molar-refractivity contribution in [2.45, 2.75) is 83.5 Å². The molecule has 2 aromatic carbocycles. The Balaban J connectivity index is 1.38. The SMILES string of the molecule is CCCCCCC1CCC2CC(c3cc(F)c4cc(F)ccc4c3)CCC2C1. The van der Waals surface area contributed by atoms with Crippen LogP contribution in [0.2, 0.25) is 0 Å². The second-order valence-electron chi connectivity index (χ2n) is 9.43. The summed E-state index contributed by atoms with van der Waals surface area (Å²) in [6, 6.07) is 8.23. The van der Waals surface area contributed by atoms with E-state index >= 15 is 0 Å². The number of halogens is 2. The first-order chi connectivity index (χ1) is 13.6. The predicted octanol–water partition coefficient (Wildman–Crippen LogP) is 8.39. The predicted molar refractivity (Wildman–Crippen MR) is 114 cm³/mol. The first-order valence-electron chi connectivity index (χ1n) is 11.5. The highest BCUT2D eigenvalue weighted by molar-refractivity contribution is 5.84. The molecule has 2 aliphatic rings. The number of benzene rings is 2. The zero-order valence-electron chi connectivity index (χ0n) is 17.2.